The van der Waals surface area contributed by atoms with Gasteiger partial charge in [0.25, 0.3) is 0 Å². The first-order valence-corrected chi connectivity index (χ1v) is 6.00. The summed E-state index contributed by atoms with van der Waals surface area (Å²) in [5, 5.41) is 4.35. The molecule has 1 aliphatic carbocycles. The largest absolute Gasteiger partial charge is 0.312 e. The molecule has 2 unspecified atom stereocenters. The van der Waals surface area contributed by atoms with E-state index in [4.69, 9.17) is 11.6 Å². The van der Waals surface area contributed by atoms with Crippen molar-refractivity contribution in [2.45, 2.75) is 26.8 Å². The quantitative estimate of drug-likeness (QED) is 0.825. The van der Waals surface area contributed by atoms with Crippen LogP contribution in [0.15, 0.2) is 18.2 Å². The summed E-state index contributed by atoms with van der Waals surface area (Å²) in [5.41, 5.74) is 2.49. The van der Waals surface area contributed by atoms with Crippen molar-refractivity contribution in [2.75, 3.05) is 6.54 Å². The zero-order chi connectivity index (χ0) is 10.8. The molecule has 0 aromatic heterocycles. The maximum absolute atomic E-state index is 5.97. The lowest BCUT2D eigenvalue weighted by atomic mass is 10.1. The van der Waals surface area contributed by atoms with Crippen LogP contribution < -0.4 is 5.32 Å². The first-order chi connectivity index (χ1) is 7.16. The molecule has 1 fully saturated rings. The normalized spacial score (nSPS) is 24.2. The molecule has 15 heavy (non-hydrogen) atoms. The van der Waals surface area contributed by atoms with Gasteiger partial charge in [-0.05, 0) is 48.9 Å². The minimum atomic E-state index is 0.856. The van der Waals surface area contributed by atoms with Crippen molar-refractivity contribution < 1.29 is 0 Å². The van der Waals surface area contributed by atoms with E-state index in [-0.39, 0.29) is 0 Å². The van der Waals surface area contributed by atoms with E-state index in [0.29, 0.717) is 0 Å². The number of rotatable bonds is 4. The molecule has 0 radical (unpaired) electrons. The van der Waals surface area contributed by atoms with Crippen LogP contribution in [0.25, 0.3) is 0 Å². The summed E-state index contributed by atoms with van der Waals surface area (Å²) in [7, 11) is 0. The zero-order valence-electron chi connectivity index (χ0n) is 9.39. The first kappa shape index (κ1) is 11.0. The Labute approximate surface area is 96.8 Å². The average Bonchev–Trinajstić information content (AvgIpc) is 2.88. The van der Waals surface area contributed by atoms with E-state index in [2.05, 4.69) is 31.3 Å². The second-order valence-corrected chi connectivity index (χ2v) is 5.09. The Morgan fingerprint density at radius 3 is 2.80 bits per heavy atom. The van der Waals surface area contributed by atoms with Gasteiger partial charge < -0.3 is 5.32 Å². The van der Waals surface area contributed by atoms with Crippen LogP contribution in [0.5, 0.6) is 0 Å². The van der Waals surface area contributed by atoms with Crippen molar-refractivity contribution in [3.63, 3.8) is 0 Å². The molecule has 1 aromatic carbocycles. The van der Waals surface area contributed by atoms with Crippen molar-refractivity contribution in [1.29, 1.82) is 0 Å². The van der Waals surface area contributed by atoms with Crippen LogP contribution in [0.1, 0.15) is 24.5 Å². The second-order valence-electron chi connectivity index (χ2n) is 4.69. The molecule has 2 rings (SSSR count). The van der Waals surface area contributed by atoms with Gasteiger partial charge in [-0.2, -0.15) is 0 Å². The van der Waals surface area contributed by atoms with Gasteiger partial charge >= 0.3 is 0 Å². The molecule has 82 valence electrons. The number of benzene rings is 1. The molecule has 1 aromatic rings. The lowest BCUT2D eigenvalue weighted by Crippen LogP contribution is -2.16. The fourth-order valence-electron chi connectivity index (χ4n) is 1.90. The maximum atomic E-state index is 5.97. The van der Waals surface area contributed by atoms with Crippen molar-refractivity contribution in [3.8, 4) is 0 Å². The maximum Gasteiger partial charge on any atom is 0.0435 e. The summed E-state index contributed by atoms with van der Waals surface area (Å²) in [5.74, 6) is 1.85. The molecule has 2 heteroatoms. The number of nitrogens with one attached hydrogen (secondary N) is 1. The summed E-state index contributed by atoms with van der Waals surface area (Å²) in [6.07, 6.45) is 1.40. The number of aryl methyl sites for hydroxylation is 1. The van der Waals surface area contributed by atoms with Gasteiger partial charge in [-0.15, -0.1) is 0 Å². The predicted octanol–water partition coefficient (Wildman–Crippen LogP) is 3.39. The Morgan fingerprint density at radius 1 is 1.47 bits per heavy atom. The lowest BCUT2D eigenvalue weighted by Gasteiger charge is -2.06. The van der Waals surface area contributed by atoms with Crippen molar-refractivity contribution in [1.82, 2.24) is 5.32 Å². The van der Waals surface area contributed by atoms with Crippen molar-refractivity contribution in [3.05, 3.63) is 34.3 Å². The van der Waals surface area contributed by atoms with Gasteiger partial charge in [0.2, 0.25) is 0 Å². The predicted molar refractivity (Wildman–Crippen MR) is 65.2 cm³/mol. The van der Waals surface area contributed by atoms with Gasteiger partial charge in [-0.1, -0.05) is 30.7 Å². The van der Waals surface area contributed by atoms with Gasteiger partial charge in [0.15, 0.2) is 0 Å². The highest BCUT2D eigenvalue weighted by atomic mass is 35.5. The monoisotopic (exact) mass is 223 g/mol. The SMILES string of the molecule is Cc1cc(CNCC2CC2C)ccc1Cl. The Hall–Kier alpha value is -0.530. The lowest BCUT2D eigenvalue weighted by molar-refractivity contribution is 0.612. The van der Waals surface area contributed by atoms with Crippen LogP contribution in [0, 0.1) is 18.8 Å². The molecule has 0 bridgehead atoms. The van der Waals surface area contributed by atoms with E-state index in [1.165, 1.54) is 12.0 Å². The molecule has 1 aliphatic rings. The smallest absolute Gasteiger partial charge is 0.0435 e. The average molecular weight is 224 g/mol. The molecule has 1 N–H and O–H groups in total. The number of hydrogen-bond donors (Lipinski definition) is 1. The van der Waals surface area contributed by atoms with Crippen LogP contribution in [0.3, 0.4) is 0 Å². The molecule has 0 amide bonds. The number of halogens is 1. The van der Waals surface area contributed by atoms with Crippen LogP contribution in [-0.2, 0) is 6.54 Å². The summed E-state index contributed by atoms with van der Waals surface area (Å²) >= 11 is 5.97. The van der Waals surface area contributed by atoms with E-state index in [1.54, 1.807) is 0 Å². The van der Waals surface area contributed by atoms with Crippen molar-refractivity contribution in [2.24, 2.45) is 11.8 Å². The molecular formula is C13H18ClN. The summed E-state index contributed by atoms with van der Waals surface area (Å²) in [6.45, 7) is 6.48. The van der Waals surface area contributed by atoms with Gasteiger partial charge in [0, 0.05) is 11.6 Å². The van der Waals surface area contributed by atoms with E-state index in [0.717, 1.165) is 35.5 Å². The summed E-state index contributed by atoms with van der Waals surface area (Å²) in [6, 6.07) is 6.23. The fraction of sp³-hybridized carbons (Fsp3) is 0.538. The third-order valence-corrected chi connectivity index (χ3v) is 3.66. The van der Waals surface area contributed by atoms with E-state index in [9.17, 15) is 0 Å². The van der Waals surface area contributed by atoms with Crippen LogP contribution in [0.2, 0.25) is 5.02 Å². The Bertz CT molecular complexity index is 348. The highest BCUT2D eigenvalue weighted by Crippen LogP contribution is 2.36. The Kier molecular flexibility index (Phi) is 3.32. The van der Waals surface area contributed by atoms with Gasteiger partial charge in [-0.25, -0.2) is 0 Å². The molecule has 0 saturated heterocycles. The highest BCUT2D eigenvalue weighted by molar-refractivity contribution is 6.31. The van der Waals surface area contributed by atoms with Gasteiger partial charge in [0.1, 0.15) is 0 Å². The zero-order valence-corrected chi connectivity index (χ0v) is 10.1. The topological polar surface area (TPSA) is 12.0 Å². The molecule has 2 atom stereocenters. The Balaban J connectivity index is 1.80. The molecule has 0 aliphatic heterocycles. The standard InChI is InChI=1S/C13H18ClN/c1-9-6-12(9)8-15-7-11-3-4-13(14)10(2)5-11/h3-5,9,12,15H,6-8H2,1-2H3. The third-order valence-electron chi connectivity index (χ3n) is 3.23. The van der Waals surface area contributed by atoms with Gasteiger partial charge in [0.05, 0.1) is 0 Å². The van der Waals surface area contributed by atoms with Crippen molar-refractivity contribution >= 4 is 11.6 Å². The molecule has 0 spiro atoms. The van der Waals surface area contributed by atoms with E-state index >= 15 is 0 Å². The third kappa shape index (κ3) is 2.96. The summed E-state index contributed by atoms with van der Waals surface area (Å²) < 4.78 is 0. The van der Waals surface area contributed by atoms with Crippen LogP contribution in [0.4, 0.5) is 0 Å². The van der Waals surface area contributed by atoms with Crippen LogP contribution >= 0.6 is 11.6 Å². The minimum Gasteiger partial charge on any atom is -0.312 e. The fourth-order valence-corrected chi connectivity index (χ4v) is 2.02. The molecule has 1 nitrogen and oxygen atoms in total. The first-order valence-electron chi connectivity index (χ1n) is 5.62. The molecule has 0 heterocycles. The number of hydrogen-bond acceptors (Lipinski definition) is 1. The molecular weight excluding hydrogens is 206 g/mol. The minimum absolute atomic E-state index is 0.856. The van der Waals surface area contributed by atoms with E-state index < -0.39 is 0 Å². The van der Waals surface area contributed by atoms with Crippen LogP contribution in [-0.4, -0.2) is 6.54 Å². The molecule has 1 saturated carbocycles. The second kappa shape index (κ2) is 4.54. The summed E-state index contributed by atoms with van der Waals surface area (Å²) in [4.78, 5) is 0. The Morgan fingerprint density at radius 2 is 2.20 bits per heavy atom. The van der Waals surface area contributed by atoms with Gasteiger partial charge in [-0.3, -0.25) is 0 Å². The van der Waals surface area contributed by atoms with E-state index in [1.807, 2.05) is 6.07 Å². The highest BCUT2D eigenvalue weighted by Gasteiger charge is 2.31.